The topological polar surface area (TPSA) is 106 Å². The predicted octanol–water partition coefficient (Wildman–Crippen LogP) is 4.14. The van der Waals surface area contributed by atoms with Gasteiger partial charge in [-0.2, -0.15) is 10.1 Å². The first kappa shape index (κ1) is 21.6. The second kappa shape index (κ2) is 8.49. The van der Waals surface area contributed by atoms with Crippen molar-refractivity contribution in [1.29, 1.82) is 0 Å². The molecular formula is C22H30ClN7O. The molecule has 0 atom stereocenters. The first-order chi connectivity index (χ1) is 15.0. The summed E-state index contributed by atoms with van der Waals surface area (Å²) in [6.07, 6.45) is 9.26. The Morgan fingerprint density at radius 1 is 1.16 bits per heavy atom. The van der Waals surface area contributed by atoms with Gasteiger partial charge in [-0.1, -0.05) is 38.3 Å². The third-order valence-corrected chi connectivity index (χ3v) is 7.13. The summed E-state index contributed by atoms with van der Waals surface area (Å²) in [5.41, 5.74) is 7.69. The number of aromatic nitrogens is 5. The maximum Gasteiger partial charge on any atom is 0.266 e. The van der Waals surface area contributed by atoms with Crippen LogP contribution in [-0.2, 0) is 7.05 Å². The van der Waals surface area contributed by atoms with Gasteiger partial charge in [-0.3, -0.25) is 14.5 Å². The number of fused-ring (bicyclic) bond motifs is 1. The molecule has 166 valence electrons. The lowest BCUT2D eigenvalue weighted by atomic mass is 9.77. The van der Waals surface area contributed by atoms with E-state index in [1.807, 2.05) is 13.8 Å². The number of nitrogens with two attached hydrogens (primary N) is 1. The average Bonchev–Trinajstić information content (AvgIpc) is 3.42. The molecule has 0 bridgehead atoms. The van der Waals surface area contributed by atoms with Gasteiger partial charge < -0.3 is 10.6 Å². The Labute approximate surface area is 186 Å². The quantitative estimate of drug-likeness (QED) is 0.616. The van der Waals surface area contributed by atoms with Crippen molar-refractivity contribution >= 4 is 34.4 Å². The number of anilines is 2. The Morgan fingerprint density at radius 2 is 1.84 bits per heavy atom. The minimum atomic E-state index is -0.152. The van der Waals surface area contributed by atoms with Crippen molar-refractivity contribution in [1.82, 2.24) is 24.7 Å². The summed E-state index contributed by atoms with van der Waals surface area (Å²) in [7, 11) is 1.77. The van der Waals surface area contributed by atoms with Gasteiger partial charge in [-0.15, -0.1) is 0 Å². The number of rotatable bonds is 2. The van der Waals surface area contributed by atoms with E-state index < -0.39 is 0 Å². The number of pyridine rings is 1. The van der Waals surface area contributed by atoms with Gasteiger partial charge >= 0.3 is 0 Å². The summed E-state index contributed by atoms with van der Waals surface area (Å²) in [4.78, 5) is 24.2. The Hall–Kier alpha value is -2.61. The van der Waals surface area contributed by atoms with E-state index in [-0.39, 0.29) is 11.4 Å². The average molecular weight is 444 g/mol. The highest BCUT2D eigenvalue weighted by Gasteiger charge is 2.37. The molecule has 2 fully saturated rings. The van der Waals surface area contributed by atoms with Crippen LogP contribution < -0.4 is 16.2 Å². The molecule has 4 heterocycles. The zero-order chi connectivity index (χ0) is 22.2. The fourth-order valence-electron chi connectivity index (χ4n) is 4.98. The molecule has 1 spiro atoms. The number of piperidine rings is 1. The Balaban J connectivity index is 0.00000112. The van der Waals surface area contributed by atoms with Gasteiger partial charge in [0.15, 0.2) is 5.65 Å². The molecule has 3 aromatic rings. The van der Waals surface area contributed by atoms with Gasteiger partial charge in [-0.25, -0.2) is 4.98 Å². The van der Waals surface area contributed by atoms with Crippen LogP contribution >= 0.6 is 11.6 Å². The van der Waals surface area contributed by atoms with E-state index in [2.05, 4.69) is 20.1 Å². The van der Waals surface area contributed by atoms with Gasteiger partial charge in [-0.05, 0) is 37.2 Å². The molecule has 3 aromatic heterocycles. The normalized spacial score (nSPS) is 17.7. The molecule has 31 heavy (non-hydrogen) atoms. The molecule has 1 saturated carbocycles. The Bertz CT molecular complexity index is 1140. The van der Waals surface area contributed by atoms with Crippen LogP contribution in [0.1, 0.15) is 52.4 Å². The minimum Gasteiger partial charge on any atom is -0.382 e. The molecular weight excluding hydrogens is 414 g/mol. The Kier molecular flexibility index (Phi) is 5.92. The lowest BCUT2D eigenvalue weighted by Gasteiger charge is -2.40. The number of nitrogens with one attached hydrogen (secondary N) is 1. The van der Waals surface area contributed by atoms with E-state index in [1.54, 1.807) is 23.9 Å². The van der Waals surface area contributed by atoms with Crippen molar-refractivity contribution in [2.75, 3.05) is 23.7 Å². The number of hydrogen-bond acceptors (Lipinski definition) is 6. The summed E-state index contributed by atoms with van der Waals surface area (Å²) < 4.78 is 1.62. The number of H-pyrrole nitrogens is 1. The molecule has 9 heteroatoms. The van der Waals surface area contributed by atoms with Crippen LogP contribution in [0.25, 0.3) is 22.3 Å². The molecule has 0 radical (unpaired) electrons. The summed E-state index contributed by atoms with van der Waals surface area (Å²) >= 11 is 6.32. The zero-order valence-electron chi connectivity index (χ0n) is 18.4. The fourth-order valence-corrected chi connectivity index (χ4v) is 5.19. The van der Waals surface area contributed by atoms with Gasteiger partial charge in [0.2, 0.25) is 5.95 Å². The molecule has 0 aromatic carbocycles. The lowest BCUT2D eigenvalue weighted by molar-refractivity contribution is 0.225. The standard InChI is InChI=1S/C20H24ClN7O.C2H6/c1-27-18(29)13-15(12-4-9-23-16(22)14(12)21)25-26-17(13)24-19(27)28-10-7-20(8-11-28)5-2-3-6-20;1-2/h4,9H,2-3,5-8,10-11H2,1H3,(H2,22,23)(H,25,26);1-2H3. The van der Waals surface area contributed by atoms with E-state index in [0.717, 1.165) is 13.1 Å². The van der Waals surface area contributed by atoms with Crippen LogP contribution in [-0.4, -0.2) is 37.8 Å². The van der Waals surface area contributed by atoms with Crippen LogP contribution in [0.3, 0.4) is 0 Å². The molecule has 1 aliphatic carbocycles. The highest BCUT2D eigenvalue weighted by molar-refractivity contribution is 6.35. The van der Waals surface area contributed by atoms with Crippen molar-refractivity contribution in [3.05, 3.63) is 27.6 Å². The first-order valence-electron chi connectivity index (χ1n) is 11.1. The summed E-state index contributed by atoms with van der Waals surface area (Å²) in [5, 5.41) is 7.93. The largest absolute Gasteiger partial charge is 0.382 e. The summed E-state index contributed by atoms with van der Waals surface area (Å²) in [6.45, 7) is 5.85. The van der Waals surface area contributed by atoms with Crippen LogP contribution in [0.4, 0.5) is 11.8 Å². The maximum absolute atomic E-state index is 13.2. The summed E-state index contributed by atoms with van der Waals surface area (Å²) in [5.74, 6) is 0.885. The van der Waals surface area contributed by atoms with Crippen molar-refractivity contribution < 1.29 is 0 Å². The SMILES string of the molecule is CC.Cn1c(N2CCC3(CCCC3)CC2)nc2n[nH]c(-c3ccnc(N)c3Cl)c2c1=O. The lowest BCUT2D eigenvalue weighted by Crippen LogP contribution is -2.41. The molecule has 0 unspecified atom stereocenters. The van der Waals surface area contributed by atoms with Crippen LogP contribution in [0.5, 0.6) is 0 Å². The zero-order valence-corrected chi connectivity index (χ0v) is 19.2. The molecule has 5 rings (SSSR count). The Morgan fingerprint density at radius 3 is 2.52 bits per heavy atom. The van der Waals surface area contributed by atoms with E-state index in [1.165, 1.54) is 38.5 Å². The third kappa shape index (κ3) is 3.67. The number of halogens is 1. The highest BCUT2D eigenvalue weighted by Crippen LogP contribution is 2.46. The van der Waals surface area contributed by atoms with Crippen LogP contribution in [0.15, 0.2) is 17.1 Å². The van der Waals surface area contributed by atoms with Gasteiger partial charge in [0.05, 0.1) is 10.7 Å². The molecule has 8 nitrogen and oxygen atoms in total. The second-order valence-corrected chi connectivity index (χ2v) is 8.70. The van der Waals surface area contributed by atoms with E-state index in [0.29, 0.717) is 38.7 Å². The molecule has 2 aliphatic rings. The van der Waals surface area contributed by atoms with Crippen molar-refractivity contribution in [3.8, 4) is 11.3 Å². The molecule has 0 amide bonds. The second-order valence-electron chi connectivity index (χ2n) is 8.33. The molecule has 3 N–H and O–H groups in total. The van der Waals surface area contributed by atoms with Crippen molar-refractivity contribution in [2.45, 2.75) is 52.4 Å². The first-order valence-corrected chi connectivity index (χ1v) is 11.5. The summed E-state index contributed by atoms with van der Waals surface area (Å²) in [6, 6.07) is 1.71. The van der Waals surface area contributed by atoms with Crippen LogP contribution in [0.2, 0.25) is 5.02 Å². The number of hydrogen-bond donors (Lipinski definition) is 2. The minimum absolute atomic E-state index is 0.152. The van der Waals surface area contributed by atoms with Gasteiger partial charge in [0.25, 0.3) is 5.56 Å². The smallest absolute Gasteiger partial charge is 0.266 e. The molecule has 1 aliphatic heterocycles. The van der Waals surface area contributed by atoms with Gasteiger partial charge in [0.1, 0.15) is 11.2 Å². The molecule has 1 saturated heterocycles. The van der Waals surface area contributed by atoms with Crippen molar-refractivity contribution in [2.24, 2.45) is 12.5 Å². The van der Waals surface area contributed by atoms with E-state index >= 15 is 0 Å². The van der Waals surface area contributed by atoms with Crippen molar-refractivity contribution in [3.63, 3.8) is 0 Å². The highest BCUT2D eigenvalue weighted by atomic mass is 35.5. The van der Waals surface area contributed by atoms with Crippen LogP contribution in [0, 0.1) is 5.41 Å². The van der Waals surface area contributed by atoms with E-state index in [9.17, 15) is 4.79 Å². The third-order valence-electron chi connectivity index (χ3n) is 6.73. The predicted molar refractivity (Wildman–Crippen MR) is 125 cm³/mol. The number of nitrogens with zero attached hydrogens (tertiary/aromatic N) is 5. The number of aromatic amines is 1. The fraction of sp³-hybridized carbons (Fsp3) is 0.545. The van der Waals surface area contributed by atoms with E-state index in [4.69, 9.17) is 22.3 Å². The number of nitrogen functional groups attached to an aromatic ring is 1. The monoisotopic (exact) mass is 443 g/mol. The maximum atomic E-state index is 13.2. The van der Waals surface area contributed by atoms with Gasteiger partial charge in [0, 0.05) is 31.9 Å².